The van der Waals surface area contributed by atoms with Crippen molar-refractivity contribution in [2.75, 3.05) is 19.3 Å². The molecule has 0 saturated carbocycles. The van der Waals surface area contributed by atoms with Crippen LogP contribution in [0.3, 0.4) is 0 Å². The van der Waals surface area contributed by atoms with Gasteiger partial charge in [-0.2, -0.15) is 0 Å². The predicted molar refractivity (Wildman–Crippen MR) is 131 cm³/mol. The van der Waals surface area contributed by atoms with Crippen LogP contribution in [0, 0.1) is 11.7 Å². The molecule has 0 radical (unpaired) electrons. The van der Waals surface area contributed by atoms with Gasteiger partial charge < -0.3 is 15.0 Å². The van der Waals surface area contributed by atoms with Crippen molar-refractivity contribution in [3.63, 3.8) is 0 Å². The molecule has 4 rings (SSSR count). The minimum atomic E-state index is -3.25. The third-order valence-corrected chi connectivity index (χ3v) is 8.24. The van der Waals surface area contributed by atoms with Crippen LogP contribution >= 0.6 is 0 Å². The van der Waals surface area contributed by atoms with Crippen LogP contribution in [0.2, 0.25) is 0 Å². The molecule has 2 aliphatic heterocycles. The molecule has 182 valence electrons. The van der Waals surface area contributed by atoms with Gasteiger partial charge in [0.2, 0.25) is 5.91 Å². The first-order valence-electron chi connectivity index (χ1n) is 11.6. The fourth-order valence-electron chi connectivity index (χ4n) is 4.66. The van der Waals surface area contributed by atoms with Gasteiger partial charge in [-0.1, -0.05) is 39.0 Å². The molecule has 2 aromatic rings. The first-order chi connectivity index (χ1) is 16.1. The third-order valence-electron chi connectivity index (χ3n) is 6.58. The maximum absolute atomic E-state index is 15.2. The van der Waals surface area contributed by atoms with E-state index in [2.05, 4.69) is 5.32 Å². The van der Waals surface area contributed by atoms with E-state index in [1.165, 1.54) is 0 Å². The zero-order valence-corrected chi connectivity index (χ0v) is 20.8. The zero-order valence-electron chi connectivity index (χ0n) is 20.0. The van der Waals surface area contributed by atoms with Crippen molar-refractivity contribution in [3.05, 3.63) is 65.1 Å². The van der Waals surface area contributed by atoms with E-state index < -0.39 is 15.7 Å². The predicted octanol–water partition coefficient (Wildman–Crippen LogP) is 4.47. The van der Waals surface area contributed by atoms with Crippen LogP contribution in [-0.2, 0) is 20.4 Å². The standard InChI is InChI=1S/C26H31FN2O4S/c1-5-34(31,32)15-17-9-10-22(33-23-8-6-7-18(16(2)3)24(23)27)20(13-17)21-14-29(4)26(30)25-19(21)11-12-28-25/h6-10,13-14,16,19,25,28H,5,11-12,15H2,1-4H3. The molecule has 0 bridgehead atoms. The van der Waals surface area contributed by atoms with Gasteiger partial charge in [0.25, 0.3) is 0 Å². The topological polar surface area (TPSA) is 75.7 Å². The maximum Gasteiger partial charge on any atom is 0.244 e. The summed E-state index contributed by atoms with van der Waals surface area (Å²) in [5.41, 5.74) is 2.75. The zero-order chi connectivity index (χ0) is 24.6. The fraction of sp³-hybridized carbons (Fsp3) is 0.423. The maximum atomic E-state index is 15.2. The number of sulfone groups is 1. The summed E-state index contributed by atoms with van der Waals surface area (Å²) in [6.07, 6.45) is 2.56. The lowest BCUT2D eigenvalue weighted by Crippen LogP contribution is -2.46. The van der Waals surface area contributed by atoms with Gasteiger partial charge in [0.05, 0.1) is 11.8 Å². The molecule has 1 N–H and O–H groups in total. The molecule has 1 amide bonds. The second kappa shape index (κ2) is 9.50. The monoisotopic (exact) mass is 486 g/mol. The van der Waals surface area contributed by atoms with Crippen LogP contribution < -0.4 is 10.1 Å². The average Bonchev–Trinajstić information content (AvgIpc) is 3.28. The smallest absolute Gasteiger partial charge is 0.244 e. The summed E-state index contributed by atoms with van der Waals surface area (Å²) < 4.78 is 45.9. The van der Waals surface area contributed by atoms with Crippen LogP contribution in [0.5, 0.6) is 11.5 Å². The van der Waals surface area contributed by atoms with Crippen molar-refractivity contribution >= 4 is 21.3 Å². The molecule has 8 heteroatoms. The van der Waals surface area contributed by atoms with Crippen molar-refractivity contribution in [3.8, 4) is 11.5 Å². The van der Waals surface area contributed by atoms with Crippen molar-refractivity contribution in [2.24, 2.45) is 5.92 Å². The van der Waals surface area contributed by atoms with Gasteiger partial charge in [0, 0.05) is 30.5 Å². The summed E-state index contributed by atoms with van der Waals surface area (Å²) in [5.74, 6) is -0.00221. The van der Waals surface area contributed by atoms with Crippen molar-refractivity contribution in [1.82, 2.24) is 10.2 Å². The molecule has 1 fully saturated rings. The molecule has 0 spiro atoms. The highest BCUT2D eigenvalue weighted by Crippen LogP contribution is 2.42. The van der Waals surface area contributed by atoms with Gasteiger partial charge in [-0.05, 0) is 53.8 Å². The molecule has 0 aromatic heterocycles. The normalized spacial score (nSPS) is 20.5. The molecule has 2 aliphatic rings. The Morgan fingerprint density at radius 2 is 1.97 bits per heavy atom. The van der Waals surface area contributed by atoms with E-state index in [1.807, 2.05) is 13.8 Å². The van der Waals surface area contributed by atoms with E-state index >= 15 is 4.39 Å². The van der Waals surface area contributed by atoms with E-state index in [-0.39, 0.29) is 41.0 Å². The molecular weight excluding hydrogens is 455 g/mol. The Labute approximate surface area is 200 Å². The Morgan fingerprint density at radius 3 is 2.68 bits per heavy atom. The van der Waals surface area contributed by atoms with Gasteiger partial charge in [0.15, 0.2) is 21.4 Å². The van der Waals surface area contributed by atoms with Crippen LogP contribution in [-0.4, -0.2) is 44.6 Å². The summed E-state index contributed by atoms with van der Waals surface area (Å²) in [4.78, 5) is 14.2. The molecular formula is C26H31FN2O4S. The van der Waals surface area contributed by atoms with Crippen molar-refractivity contribution in [2.45, 2.75) is 44.9 Å². The number of halogens is 1. The van der Waals surface area contributed by atoms with Gasteiger partial charge in [-0.25, -0.2) is 12.8 Å². The van der Waals surface area contributed by atoms with E-state index in [4.69, 9.17) is 4.74 Å². The Hall–Kier alpha value is -2.71. The number of amides is 1. The number of nitrogens with zero attached hydrogens (tertiary/aromatic N) is 1. The number of carbonyl (C=O) groups excluding carboxylic acids is 1. The number of hydrogen-bond donors (Lipinski definition) is 1. The lowest BCUT2D eigenvalue weighted by atomic mass is 9.84. The first kappa shape index (κ1) is 24.4. The van der Waals surface area contributed by atoms with Crippen molar-refractivity contribution in [1.29, 1.82) is 0 Å². The van der Waals surface area contributed by atoms with Crippen LogP contribution in [0.15, 0.2) is 42.6 Å². The SMILES string of the molecule is CCS(=O)(=O)Cc1ccc(Oc2cccc(C(C)C)c2F)c(C2=CN(C)C(=O)C3NCCC23)c1. The van der Waals surface area contributed by atoms with Crippen LogP contribution in [0.1, 0.15) is 49.8 Å². The van der Waals surface area contributed by atoms with Crippen LogP contribution in [0.25, 0.3) is 5.57 Å². The summed E-state index contributed by atoms with van der Waals surface area (Å²) in [7, 11) is -1.54. The highest BCUT2D eigenvalue weighted by atomic mass is 32.2. The average molecular weight is 487 g/mol. The summed E-state index contributed by atoms with van der Waals surface area (Å²) >= 11 is 0. The number of fused-ring (bicyclic) bond motifs is 1. The number of ether oxygens (including phenoxy) is 1. The molecule has 2 aromatic carbocycles. The van der Waals surface area contributed by atoms with Gasteiger partial charge in [-0.15, -0.1) is 0 Å². The molecule has 34 heavy (non-hydrogen) atoms. The number of benzene rings is 2. The Balaban J connectivity index is 1.82. The first-order valence-corrected chi connectivity index (χ1v) is 13.4. The number of likely N-dealkylation sites (N-methyl/N-ethyl adjacent to an activating group) is 1. The summed E-state index contributed by atoms with van der Waals surface area (Å²) in [6.45, 7) is 6.17. The molecule has 6 nitrogen and oxygen atoms in total. The summed E-state index contributed by atoms with van der Waals surface area (Å²) in [5, 5.41) is 3.27. The molecule has 2 unspecified atom stereocenters. The highest BCUT2D eigenvalue weighted by Gasteiger charge is 2.41. The summed E-state index contributed by atoms with van der Waals surface area (Å²) in [6, 6.07) is 9.96. The van der Waals surface area contributed by atoms with Crippen LogP contribution in [0.4, 0.5) is 4.39 Å². The van der Waals surface area contributed by atoms with E-state index in [9.17, 15) is 13.2 Å². The quantitative estimate of drug-likeness (QED) is 0.625. The number of carbonyl (C=O) groups is 1. The number of nitrogens with one attached hydrogen (secondary N) is 1. The van der Waals surface area contributed by atoms with Gasteiger partial charge in [-0.3, -0.25) is 4.79 Å². The second-order valence-corrected chi connectivity index (χ2v) is 11.6. The molecule has 2 atom stereocenters. The second-order valence-electron chi connectivity index (χ2n) is 9.28. The van der Waals surface area contributed by atoms with Gasteiger partial charge >= 0.3 is 0 Å². The van der Waals surface area contributed by atoms with E-state index in [1.54, 1.807) is 61.5 Å². The Kier molecular flexibility index (Phi) is 6.82. The number of rotatable bonds is 7. The molecule has 2 heterocycles. The largest absolute Gasteiger partial charge is 0.454 e. The Morgan fingerprint density at radius 1 is 1.21 bits per heavy atom. The van der Waals surface area contributed by atoms with Gasteiger partial charge in [0.1, 0.15) is 5.75 Å². The molecule has 1 saturated heterocycles. The van der Waals surface area contributed by atoms with Crippen molar-refractivity contribution < 1.29 is 22.3 Å². The highest BCUT2D eigenvalue weighted by molar-refractivity contribution is 7.90. The van der Waals surface area contributed by atoms with E-state index in [0.717, 1.165) is 12.0 Å². The fourth-order valence-corrected chi connectivity index (χ4v) is 5.55. The lowest BCUT2D eigenvalue weighted by molar-refractivity contribution is -0.130. The third kappa shape index (κ3) is 4.74. The molecule has 0 aliphatic carbocycles. The minimum absolute atomic E-state index is 0.00400. The van der Waals surface area contributed by atoms with E-state index in [0.29, 0.717) is 29.0 Å². The number of hydrogen-bond acceptors (Lipinski definition) is 5. The minimum Gasteiger partial charge on any atom is -0.454 e. The Bertz CT molecular complexity index is 1240. The lowest BCUT2D eigenvalue weighted by Gasteiger charge is -2.32.